The minimum absolute atomic E-state index is 0.0116. The van der Waals surface area contributed by atoms with Gasteiger partial charge >= 0.3 is 5.97 Å². The zero-order valence-electron chi connectivity index (χ0n) is 27.2. The summed E-state index contributed by atoms with van der Waals surface area (Å²) < 4.78 is 11.3. The van der Waals surface area contributed by atoms with Gasteiger partial charge in [-0.25, -0.2) is 4.79 Å². The summed E-state index contributed by atoms with van der Waals surface area (Å²) >= 11 is 0. The molecule has 0 unspecified atom stereocenters. The van der Waals surface area contributed by atoms with Crippen LogP contribution in [-0.2, 0) is 30.3 Å². The van der Waals surface area contributed by atoms with E-state index >= 15 is 0 Å². The average Bonchev–Trinajstić information content (AvgIpc) is 3.04. The van der Waals surface area contributed by atoms with E-state index in [0.717, 1.165) is 19.3 Å². The van der Waals surface area contributed by atoms with Crippen molar-refractivity contribution in [3.05, 3.63) is 77.5 Å². The molecule has 0 saturated carbocycles. The van der Waals surface area contributed by atoms with E-state index in [-0.39, 0.29) is 29.5 Å². The predicted octanol–water partition coefficient (Wildman–Crippen LogP) is 5.31. The Morgan fingerprint density at radius 3 is 2.52 bits per heavy atom. The van der Waals surface area contributed by atoms with Crippen molar-refractivity contribution in [1.82, 2.24) is 5.32 Å². The molecule has 10 nitrogen and oxygen atoms in total. The van der Waals surface area contributed by atoms with Crippen LogP contribution >= 0.6 is 0 Å². The molecule has 0 saturated heterocycles. The van der Waals surface area contributed by atoms with Crippen LogP contribution in [0.15, 0.2) is 71.9 Å². The Balaban J connectivity index is 1.83. The molecule has 1 aromatic rings. The molecule has 1 aliphatic carbocycles. The predicted molar refractivity (Wildman–Crippen MR) is 177 cm³/mol. The fourth-order valence-electron chi connectivity index (χ4n) is 5.39. The Morgan fingerprint density at radius 2 is 1.80 bits per heavy atom. The quantitative estimate of drug-likeness (QED) is 0.126. The number of amides is 2. The highest BCUT2D eigenvalue weighted by atomic mass is 16.5. The Hall–Kier alpha value is -4.15. The monoisotopic (exact) mass is 636 g/mol. The van der Waals surface area contributed by atoms with Crippen LogP contribution in [0, 0.1) is 5.92 Å². The van der Waals surface area contributed by atoms with Gasteiger partial charge in [0.05, 0.1) is 24.3 Å². The molecule has 2 bridgehead atoms. The first-order chi connectivity index (χ1) is 22.0. The lowest BCUT2D eigenvalue weighted by atomic mass is 9.90. The van der Waals surface area contributed by atoms with Gasteiger partial charge in [0.2, 0.25) is 11.8 Å². The van der Waals surface area contributed by atoms with E-state index in [1.54, 1.807) is 51.2 Å². The molecule has 5 atom stereocenters. The third-order valence-electron chi connectivity index (χ3n) is 8.28. The number of hydrogen-bond donors (Lipinski definition) is 5. The summed E-state index contributed by atoms with van der Waals surface area (Å²) in [6.45, 7) is 5.17. The first-order valence-electron chi connectivity index (χ1n) is 15.9. The number of benzene rings is 1. The highest BCUT2D eigenvalue weighted by Crippen LogP contribution is 2.34. The van der Waals surface area contributed by atoms with Crippen molar-refractivity contribution in [2.24, 2.45) is 5.92 Å². The van der Waals surface area contributed by atoms with Crippen molar-refractivity contribution < 1.29 is 39.2 Å². The van der Waals surface area contributed by atoms with E-state index in [9.17, 15) is 29.7 Å². The number of ether oxygens (including phenoxy) is 2. The van der Waals surface area contributed by atoms with Gasteiger partial charge in [0, 0.05) is 31.1 Å². The van der Waals surface area contributed by atoms with Gasteiger partial charge in [-0.05, 0) is 69.6 Å². The Labute approximate surface area is 271 Å². The van der Waals surface area contributed by atoms with Crippen molar-refractivity contribution >= 4 is 23.5 Å². The van der Waals surface area contributed by atoms with Gasteiger partial charge in [0.25, 0.3) is 0 Å². The standard InChI is InChI=1S/C36H48N2O8/c1-23-14-13-17-27-20-28(39)21-30(34(27)42)38-32(40)22-29(45-4)18-11-6-5-7-12-19-31(24(2)33(23)41)46-36(44)25(3)37-35(43)26-15-9-8-10-16-26/h5-7,11-12,14-15,18,20-21,24-25,29,31,33,39,41-42H,8-10,13,16-17,19,22H2,1-4H3,(H,37,43)(H,38,40)/b6-5-,12-7-,18-11-,23-14-/t24-,25+,29-,31-,33-/m0/s1. The number of phenolic OH excluding ortho intramolecular Hbond substituents is 2. The highest BCUT2D eigenvalue weighted by Gasteiger charge is 2.30. The molecular weight excluding hydrogens is 588 g/mol. The largest absolute Gasteiger partial charge is 0.508 e. The SMILES string of the molecule is CO[C@H]1\C=C/C=C\C=C/C[C@H](OC(=O)[C@@H](C)NC(=O)C2=CCCCC2)[C@H](C)[C@@H](O)/C(C)=C\CCc2cc(O)cc(c2O)NC(=O)C1. The van der Waals surface area contributed by atoms with Crippen LogP contribution in [0.4, 0.5) is 5.69 Å². The van der Waals surface area contributed by atoms with Gasteiger partial charge in [0.1, 0.15) is 23.6 Å². The third-order valence-corrected chi connectivity index (χ3v) is 8.28. The molecule has 2 amide bonds. The molecule has 1 aromatic carbocycles. The Bertz CT molecular complexity index is 1380. The number of aryl methyl sites for hydroxylation is 1. The second-order valence-corrected chi connectivity index (χ2v) is 11.9. The Morgan fingerprint density at radius 1 is 1.04 bits per heavy atom. The van der Waals surface area contributed by atoms with Gasteiger partial charge < -0.3 is 35.4 Å². The summed E-state index contributed by atoms with van der Waals surface area (Å²) in [5, 5.41) is 37.7. The summed E-state index contributed by atoms with van der Waals surface area (Å²) in [4.78, 5) is 38.5. The molecule has 0 aromatic heterocycles. The van der Waals surface area contributed by atoms with Crippen LogP contribution in [0.25, 0.3) is 0 Å². The van der Waals surface area contributed by atoms with E-state index in [2.05, 4.69) is 10.6 Å². The number of phenols is 2. The molecule has 46 heavy (non-hydrogen) atoms. The normalized spacial score (nSPS) is 27.3. The summed E-state index contributed by atoms with van der Waals surface area (Å²) in [7, 11) is 1.49. The zero-order chi connectivity index (χ0) is 33.6. The fourth-order valence-corrected chi connectivity index (χ4v) is 5.39. The van der Waals surface area contributed by atoms with Gasteiger partial charge in [-0.3, -0.25) is 9.59 Å². The minimum Gasteiger partial charge on any atom is -0.508 e. The van der Waals surface area contributed by atoms with Crippen LogP contribution in [0.5, 0.6) is 11.5 Å². The molecule has 0 radical (unpaired) electrons. The lowest BCUT2D eigenvalue weighted by molar-refractivity contribution is -0.156. The number of aliphatic hydroxyl groups excluding tert-OH is 1. The Kier molecular flexibility index (Phi) is 14.3. The number of anilines is 1. The van der Waals surface area contributed by atoms with Gasteiger partial charge in [-0.1, -0.05) is 55.5 Å². The maximum atomic E-state index is 13.1. The van der Waals surface area contributed by atoms with E-state index in [0.29, 0.717) is 42.4 Å². The molecular formula is C36H48N2O8. The number of carbonyl (C=O) groups is 3. The van der Waals surface area contributed by atoms with E-state index < -0.39 is 42.1 Å². The van der Waals surface area contributed by atoms with Crippen LogP contribution in [0.1, 0.15) is 71.3 Å². The number of nitrogens with one attached hydrogen (secondary N) is 2. The van der Waals surface area contributed by atoms with E-state index in [1.807, 2.05) is 18.2 Å². The molecule has 250 valence electrons. The van der Waals surface area contributed by atoms with Gasteiger partial charge in [-0.2, -0.15) is 0 Å². The number of rotatable bonds is 5. The van der Waals surface area contributed by atoms with Crippen LogP contribution in [0.3, 0.4) is 0 Å². The van der Waals surface area contributed by atoms with Crippen molar-refractivity contribution in [3.63, 3.8) is 0 Å². The van der Waals surface area contributed by atoms with Gasteiger partial charge in [0.15, 0.2) is 0 Å². The van der Waals surface area contributed by atoms with Crippen molar-refractivity contribution in [3.8, 4) is 11.5 Å². The van der Waals surface area contributed by atoms with Gasteiger partial charge in [-0.15, -0.1) is 0 Å². The molecule has 0 fully saturated rings. The van der Waals surface area contributed by atoms with Crippen LogP contribution < -0.4 is 10.6 Å². The first kappa shape index (κ1) is 36.3. The molecule has 10 heteroatoms. The highest BCUT2D eigenvalue weighted by molar-refractivity contribution is 5.96. The maximum absolute atomic E-state index is 13.1. The lowest BCUT2D eigenvalue weighted by Gasteiger charge is -2.29. The fraction of sp³-hybridized carbons (Fsp3) is 0.472. The van der Waals surface area contributed by atoms with Crippen LogP contribution in [-0.4, -0.2) is 64.6 Å². The number of esters is 1. The third kappa shape index (κ3) is 11.0. The second-order valence-electron chi connectivity index (χ2n) is 11.9. The number of hydrogen-bond acceptors (Lipinski definition) is 8. The van der Waals surface area contributed by atoms with Crippen molar-refractivity contribution in [2.45, 2.75) is 96.5 Å². The molecule has 2 aliphatic rings. The van der Waals surface area contributed by atoms with E-state index in [1.165, 1.54) is 19.2 Å². The first-order valence-corrected chi connectivity index (χ1v) is 15.9. The molecule has 0 spiro atoms. The summed E-state index contributed by atoms with van der Waals surface area (Å²) in [6, 6.07) is 1.85. The number of aliphatic hydroxyl groups is 1. The van der Waals surface area contributed by atoms with Crippen LogP contribution in [0.2, 0.25) is 0 Å². The zero-order valence-corrected chi connectivity index (χ0v) is 27.2. The number of methoxy groups -OCH3 is 1. The van der Waals surface area contributed by atoms with Crippen molar-refractivity contribution in [2.75, 3.05) is 12.4 Å². The molecule has 3 rings (SSSR count). The molecule has 1 heterocycles. The summed E-state index contributed by atoms with van der Waals surface area (Å²) in [5.41, 5.74) is 1.86. The lowest BCUT2D eigenvalue weighted by Crippen LogP contribution is -2.43. The summed E-state index contributed by atoms with van der Waals surface area (Å²) in [5.74, 6) is -2.00. The smallest absolute Gasteiger partial charge is 0.328 e. The minimum atomic E-state index is -0.949. The molecule has 5 N–H and O–H groups in total. The van der Waals surface area contributed by atoms with E-state index in [4.69, 9.17) is 9.47 Å². The number of aromatic hydroxyl groups is 2. The maximum Gasteiger partial charge on any atom is 0.328 e. The second kappa shape index (κ2) is 18.1. The number of fused-ring (bicyclic) bond motifs is 2. The van der Waals surface area contributed by atoms with Crippen molar-refractivity contribution in [1.29, 1.82) is 0 Å². The number of allylic oxidation sites excluding steroid dienone is 6. The topological polar surface area (TPSA) is 154 Å². The number of carbonyl (C=O) groups excluding carboxylic acids is 3. The molecule has 1 aliphatic heterocycles. The average molecular weight is 637 g/mol. The summed E-state index contributed by atoms with van der Waals surface area (Å²) in [6.07, 6.45) is 16.8.